The molecule has 6 aliphatic rings. The minimum atomic E-state index is -3.07. The monoisotopic (exact) mass is 1210 g/mol. The summed E-state index contributed by atoms with van der Waals surface area (Å²) in [5.41, 5.74) is 8.00. The van der Waals surface area contributed by atoms with Crippen molar-refractivity contribution >= 4 is 68.9 Å². The van der Waals surface area contributed by atoms with Crippen LogP contribution in [0.15, 0.2) is 35.4 Å². The fraction of sp³-hybridized carbons (Fsp3) is 0.704. The minimum absolute atomic E-state index is 0.0102. The van der Waals surface area contributed by atoms with Crippen LogP contribution in [-0.4, -0.2) is 187 Å². The molecule has 6 heterocycles. The van der Waals surface area contributed by atoms with Crippen LogP contribution in [0.2, 0.25) is 0 Å². The largest absolute Gasteiger partial charge is 0.908 e. The first-order valence-electron chi connectivity index (χ1n) is 27.9. The average molecular weight is 1210 g/mol. The van der Waals surface area contributed by atoms with Crippen LogP contribution in [0, 0.1) is 23.7 Å². The zero-order valence-electron chi connectivity index (χ0n) is 47.4. The molecule has 29 heteroatoms. The minimum Gasteiger partial charge on any atom is -0.530 e. The van der Waals surface area contributed by atoms with Gasteiger partial charge in [-0.15, -0.1) is 0 Å². The van der Waals surface area contributed by atoms with Crippen LogP contribution in [0.1, 0.15) is 108 Å². The molecule has 4 saturated heterocycles. The van der Waals surface area contributed by atoms with Crippen molar-refractivity contribution in [3.8, 4) is 0 Å². The van der Waals surface area contributed by atoms with Crippen LogP contribution in [-0.2, 0) is 28.7 Å². The van der Waals surface area contributed by atoms with Gasteiger partial charge in [-0.3, -0.25) is 9.80 Å². The number of ether oxygens (including phenoxy) is 2. The normalized spacial score (nSPS) is 24.2. The molecule has 8 rings (SSSR count). The van der Waals surface area contributed by atoms with Crippen molar-refractivity contribution < 1.29 is 66.0 Å². The Morgan fingerprint density at radius 3 is 1.31 bits per heavy atom. The van der Waals surface area contributed by atoms with Gasteiger partial charge in [-0.05, 0) is 49.4 Å². The molecule has 456 valence electrons. The van der Waals surface area contributed by atoms with Gasteiger partial charge in [-0.2, -0.15) is 0 Å². The second kappa shape index (κ2) is 30.5. The van der Waals surface area contributed by atoms with Crippen LogP contribution in [0.4, 0.5) is 37.4 Å². The SMILES string of the molecule is CC(C)(C)[N+2].CC1CCC([C@H](NC(=O)[O-])C(=C=O)Nc2ncc(C(CN3CCOCC3)N3CC(F)(F)CNC3=C=O)s2)CC1.CC1CCC([C@H](NC(=O)[O-])C(=C=O)Nc2ncc(C(CN3CCOCC3)N3CC(F)(F)CNC3=C=O)s2)CC1. The van der Waals surface area contributed by atoms with E-state index in [0.717, 1.165) is 74.0 Å². The molecule has 2 saturated carbocycles. The number of carboxylic acid groups (broad SMARTS) is 2. The van der Waals surface area contributed by atoms with E-state index in [-0.39, 0.29) is 45.1 Å². The maximum Gasteiger partial charge on any atom is 0.908 e. The second-order valence-corrected chi connectivity index (χ2v) is 25.0. The molecule has 23 nitrogen and oxygen atoms in total. The van der Waals surface area contributed by atoms with Crippen molar-refractivity contribution in [2.24, 2.45) is 23.7 Å². The summed E-state index contributed by atoms with van der Waals surface area (Å²) in [5.74, 6) is 1.73. The number of hydrogen-bond donors (Lipinski definition) is 6. The van der Waals surface area contributed by atoms with Gasteiger partial charge in [0.15, 0.2) is 33.8 Å². The van der Waals surface area contributed by atoms with E-state index in [1.54, 1.807) is 32.7 Å². The number of amides is 2. The molecule has 83 heavy (non-hydrogen) atoms. The molecule has 2 unspecified atom stereocenters. The van der Waals surface area contributed by atoms with E-state index in [4.69, 9.17) is 15.2 Å². The third-order valence-corrected chi connectivity index (χ3v) is 17.1. The fourth-order valence-electron chi connectivity index (χ4n) is 10.8. The third-order valence-electron chi connectivity index (χ3n) is 15.1. The molecule has 2 amide bonds. The summed E-state index contributed by atoms with van der Waals surface area (Å²) < 4.78 is 68.5. The van der Waals surface area contributed by atoms with Crippen LogP contribution in [0.5, 0.6) is 0 Å². The zero-order chi connectivity index (χ0) is 60.5. The molecule has 2 radical (unpaired) electrons. The number of morpholine rings is 2. The van der Waals surface area contributed by atoms with Gasteiger partial charge in [-0.25, -0.2) is 46.7 Å². The topological polar surface area (TPSA) is 300 Å². The van der Waals surface area contributed by atoms with Crippen molar-refractivity contribution in [3.05, 3.63) is 45.2 Å². The molecular formula is C54H75F4N13O10S2. The van der Waals surface area contributed by atoms with Gasteiger partial charge in [0.2, 0.25) is 0 Å². The molecule has 4 atom stereocenters. The smallest absolute Gasteiger partial charge is 0.530 e. The summed E-state index contributed by atoms with van der Waals surface area (Å²) in [4.78, 5) is 86.7. The number of alkyl halides is 4. The first kappa shape index (κ1) is 65.9. The molecule has 0 spiro atoms. The summed E-state index contributed by atoms with van der Waals surface area (Å²) >= 11 is 2.27. The Labute approximate surface area is 488 Å². The van der Waals surface area contributed by atoms with Gasteiger partial charge in [-0.1, -0.05) is 62.2 Å². The van der Waals surface area contributed by atoms with E-state index in [0.29, 0.717) is 87.3 Å². The highest BCUT2D eigenvalue weighted by molar-refractivity contribution is 7.16. The zero-order valence-corrected chi connectivity index (χ0v) is 49.0. The van der Waals surface area contributed by atoms with Gasteiger partial charge < -0.3 is 71.0 Å². The average Bonchev–Trinajstić information content (AvgIpc) is 4.15. The van der Waals surface area contributed by atoms with E-state index >= 15 is 0 Å². The predicted molar refractivity (Wildman–Crippen MR) is 296 cm³/mol. The summed E-state index contributed by atoms with van der Waals surface area (Å²) in [6.07, 6.45) is 6.62. The first-order valence-corrected chi connectivity index (χ1v) is 29.5. The Bertz CT molecular complexity index is 2490. The molecular weight excluding hydrogens is 1130 g/mol. The molecule has 6 fully saturated rings. The summed E-state index contributed by atoms with van der Waals surface area (Å²) in [6, 6.07) is -3.00. The maximum absolute atomic E-state index is 14.4. The van der Waals surface area contributed by atoms with E-state index < -0.39 is 79.9 Å². The van der Waals surface area contributed by atoms with Crippen molar-refractivity contribution in [2.45, 2.75) is 128 Å². The standard InChI is InChI=1S/2C25H34F2N6O5S.C4H9N/c2*1-16-2-4-17(5-3-16)22(31-24(36)37)18(12-34)30-23-28-10-20(39-23)19(11-32-6-8-38-9-7-32)33-15-25(26,27)14-29-21(33)13-35;1-4(2,3)5/h2*10,16-17,19,22,29,31H,2-9,11,14-15H2,1H3,(H,28,30)(H,36,37);1-3H3/q;;+2/p-2/t2*16?,17?,19?,22-;/m00./s1. The van der Waals surface area contributed by atoms with Gasteiger partial charge in [0.05, 0.1) is 107 Å². The number of anilines is 2. The number of nitrogens with one attached hydrogen (secondary N) is 6. The summed E-state index contributed by atoms with van der Waals surface area (Å²) in [5, 5.41) is 38.9. The Morgan fingerprint density at radius 2 is 1.01 bits per heavy atom. The van der Waals surface area contributed by atoms with Crippen molar-refractivity contribution in [1.29, 1.82) is 0 Å². The van der Waals surface area contributed by atoms with Gasteiger partial charge in [0.1, 0.15) is 35.5 Å². The van der Waals surface area contributed by atoms with Gasteiger partial charge in [0, 0.05) is 51.7 Å². The number of halogens is 4. The number of thiazole rings is 2. The lowest BCUT2D eigenvalue weighted by Crippen LogP contribution is -2.55. The van der Waals surface area contributed by atoms with E-state index in [9.17, 15) is 56.5 Å². The van der Waals surface area contributed by atoms with Crippen LogP contribution < -0.4 is 47.8 Å². The van der Waals surface area contributed by atoms with E-state index in [1.807, 2.05) is 11.9 Å². The van der Waals surface area contributed by atoms with Crippen LogP contribution >= 0.6 is 22.7 Å². The van der Waals surface area contributed by atoms with Crippen molar-refractivity contribution in [1.82, 2.24) is 56.6 Å². The highest BCUT2D eigenvalue weighted by Crippen LogP contribution is 2.39. The Morgan fingerprint density at radius 1 is 0.675 bits per heavy atom. The number of rotatable bonds is 18. The fourth-order valence-corrected chi connectivity index (χ4v) is 12.6. The Hall–Kier alpha value is -6.24. The predicted octanol–water partition coefficient (Wildman–Crippen LogP) is 2.82. The molecule has 4 aliphatic heterocycles. The summed E-state index contributed by atoms with van der Waals surface area (Å²) in [6.45, 7) is 12.0. The van der Waals surface area contributed by atoms with E-state index in [1.165, 1.54) is 22.2 Å². The molecule has 6 N–H and O–H groups in total. The summed E-state index contributed by atoms with van der Waals surface area (Å²) in [7, 11) is 0. The number of aromatic nitrogens is 2. The van der Waals surface area contributed by atoms with E-state index in [2.05, 4.69) is 65.5 Å². The van der Waals surface area contributed by atoms with Crippen molar-refractivity contribution in [2.75, 3.05) is 103 Å². The third kappa shape index (κ3) is 20.5. The van der Waals surface area contributed by atoms with Gasteiger partial charge >= 0.3 is 11.3 Å². The lowest BCUT2D eigenvalue weighted by molar-refractivity contribution is -0.252. The number of carbonyl (C=O) groups excluding carboxylic acids is 6. The molecule has 2 aromatic heterocycles. The quantitative estimate of drug-likeness (QED) is 0.0924. The second-order valence-electron chi connectivity index (χ2n) is 22.9. The lowest BCUT2D eigenvalue weighted by atomic mass is 9.78. The number of nitrogens with zero attached hydrogens (tertiary/aromatic N) is 7. The van der Waals surface area contributed by atoms with Crippen LogP contribution in [0.25, 0.3) is 0 Å². The highest BCUT2D eigenvalue weighted by atomic mass is 32.1. The molecule has 2 aliphatic carbocycles. The number of hydrogen-bond acceptors (Lipinski definition) is 22. The Kier molecular flexibility index (Phi) is 24.2. The molecule has 0 aromatic carbocycles. The molecule has 2 aromatic rings. The first-order chi connectivity index (χ1) is 39.4. The van der Waals surface area contributed by atoms with Crippen LogP contribution in [0.3, 0.4) is 0 Å². The Balaban J connectivity index is 0.000000246. The molecule has 0 bridgehead atoms. The number of carbonyl (C=O) groups is 2. The maximum atomic E-state index is 14.4. The van der Waals surface area contributed by atoms with Crippen molar-refractivity contribution in [3.63, 3.8) is 0 Å². The highest BCUT2D eigenvalue weighted by Gasteiger charge is 2.46. The lowest BCUT2D eigenvalue weighted by Gasteiger charge is -2.42. The van der Waals surface area contributed by atoms with Gasteiger partial charge in [0.25, 0.3) is 11.8 Å².